The molecule has 2 amide bonds. The van der Waals surface area contributed by atoms with Crippen LogP contribution in [0.2, 0.25) is 0 Å². The van der Waals surface area contributed by atoms with E-state index in [1.165, 1.54) is 24.3 Å². The summed E-state index contributed by atoms with van der Waals surface area (Å²) in [6.07, 6.45) is 3.32. The highest BCUT2D eigenvalue weighted by Gasteiger charge is 2.02. The van der Waals surface area contributed by atoms with Crippen LogP contribution < -0.4 is 10.6 Å². The van der Waals surface area contributed by atoms with Gasteiger partial charge in [-0.25, -0.2) is 4.79 Å². The second-order valence-electron chi connectivity index (χ2n) is 3.93. The van der Waals surface area contributed by atoms with Crippen molar-refractivity contribution in [2.45, 2.75) is 11.4 Å². The van der Waals surface area contributed by atoms with Gasteiger partial charge in [0.05, 0.1) is 0 Å². The zero-order chi connectivity index (χ0) is 14.4. The van der Waals surface area contributed by atoms with Crippen molar-refractivity contribution in [2.75, 3.05) is 5.32 Å². The molecule has 1 aromatic carbocycles. The third kappa shape index (κ3) is 4.15. The van der Waals surface area contributed by atoms with Gasteiger partial charge in [-0.05, 0) is 47.0 Å². The zero-order valence-electron chi connectivity index (χ0n) is 10.4. The minimum Gasteiger partial charge on any atom is -0.768 e. The molecule has 0 aliphatic rings. The second kappa shape index (κ2) is 6.78. The number of carbonyl (C=O) groups excluding carboxylic acids is 1. The number of anilines is 1. The number of urea groups is 1. The first-order valence-corrected chi connectivity index (χ1v) is 6.86. The monoisotopic (exact) mass is 290 g/mol. The molecule has 0 radical (unpaired) electrons. The van der Waals surface area contributed by atoms with Crippen LogP contribution >= 0.6 is 0 Å². The van der Waals surface area contributed by atoms with Gasteiger partial charge in [0, 0.05) is 29.5 Å². The summed E-state index contributed by atoms with van der Waals surface area (Å²) in [7, 11) is 0. The zero-order valence-corrected chi connectivity index (χ0v) is 11.2. The molecule has 0 spiro atoms. The van der Waals surface area contributed by atoms with Crippen LogP contribution in [0.4, 0.5) is 10.5 Å². The molecule has 0 saturated carbocycles. The Labute approximate surface area is 118 Å². The van der Waals surface area contributed by atoms with Crippen molar-refractivity contribution >= 4 is 22.8 Å². The molecule has 1 heterocycles. The van der Waals surface area contributed by atoms with E-state index in [-0.39, 0.29) is 10.9 Å². The quantitative estimate of drug-likeness (QED) is 0.837. The first-order chi connectivity index (χ1) is 9.65. The van der Waals surface area contributed by atoms with E-state index in [1.807, 2.05) is 6.07 Å². The van der Waals surface area contributed by atoms with Crippen molar-refractivity contribution in [3.63, 3.8) is 0 Å². The fourth-order valence-corrected chi connectivity index (χ4v) is 1.87. The maximum atomic E-state index is 11.6. The summed E-state index contributed by atoms with van der Waals surface area (Å²) in [5.74, 6) is 0. The van der Waals surface area contributed by atoms with E-state index in [4.69, 9.17) is 0 Å². The van der Waals surface area contributed by atoms with E-state index >= 15 is 0 Å². The molecule has 2 N–H and O–H groups in total. The predicted octanol–water partition coefficient (Wildman–Crippen LogP) is 1.64. The van der Waals surface area contributed by atoms with Crippen molar-refractivity contribution < 1.29 is 13.6 Å². The Balaban J connectivity index is 1.86. The molecule has 7 heteroatoms. The normalized spacial score (nSPS) is 11.7. The number of rotatable bonds is 4. The van der Waals surface area contributed by atoms with Gasteiger partial charge in [-0.1, -0.05) is 6.07 Å². The molecule has 1 atom stereocenters. The number of hydrogen-bond acceptors (Lipinski definition) is 4. The molecule has 1 unspecified atom stereocenters. The third-order valence-electron chi connectivity index (χ3n) is 2.48. The molecular weight excluding hydrogens is 278 g/mol. The summed E-state index contributed by atoms with van der Waals surface area (Å²) in [6.45, 7) is 0.363. The maximum Gasteiger partial charge on any atom is 0.319 e. The molecular formula is C13H12N3O3S-. The molecule has 0 bridgehead atoms. The lowest BCUT2D eigenvalue weighted by atomic mass is 10.3. The van der Waals surface area contributed by atoms with Gasteiger partial charge >= 0.3 is 6.03 Å². The number of benzene rings is 1. The summed E-state index contributed by atoms with van der Waals surface area (Å²) in [5.41, 5.74) is 1.41. The van der Waals surface area contributed by atoms with E-state index < -0.39 is 11.1 Å². The lowest BCUT2D eigenvalue weighted by Crippen LogP contribution is -2.28. The Morgan fingerprint density at radius 3 is 2.60 bits per heavy atom. The second-order valence-corrected chi connectivity index (χ2v) is 4.87. The molecule has 6 nitrogen and oxygen atoms in total. The van der Waals surface area contributed by atoms with Crippen LogP contribution in [0.15, 0.2) is 53.7 Å². The Kier molecular flexibility index (Phi) is 4.80. The van der Waals surface area contributed by atoms with Gasteiger partial charge in [-0.2, -0.15) is 0 Å². The topological polar surface area (TPSA) is 94.2 Å². The number of pyridine rings is 1. The Morgan fingerprint density at radius 1 is 1.25 bits per heavy atom. The number of aromatic nitrogens is 1. The minimum atomic E-state index is -2.26. The summed E-state index contributed by atoms with van der Waals surface area (Å²) < 4.78 is 21.4. The number of amides is 2. The van der Waals surface area contributed by atoms with Crippen LogP contribution in [-0.4, -0.2) is 19.8 Å². The van der Waals surface area contributed by atoms with Crippen LogP contribution in [0.25, 0.3) is 0 Å². The van der Waals surface area contributed by atoms with Crippen LogP contribution in [0.3, 0.4) is 0 Å². The van der Waals surface area contributed by atoms with Crippen molar-refractivity contribution in [1.29, 1.82) is 0 Å². The SMILES string of the molecule is O=C(NCc1cccnc1)Nc1ccc(S(=O)[O-])cc1. The summed E-state index contributed by atoms with van der Waals surface area (Å²) in [5, 5.41) is 5.28. The minimum absolute atomic E-state index is 0.173. The number of carbonyl (C=O) groups is 1. The molecule has 0 aliphatic heterocycles. The van der Waals surface area contributed by atoms with Gasteiger partial charge in [0.2, 0.25) is 0 Å². The smallest absolute Gasteiger partial charge is 0.319 e. The highest BCUT2D eigenvalue weighted by molar-refractivity contribution is 7.79. The molecule has 0 saturated heterocycles. The van der Waals surface area contributed by atoms with Gasteiger partial charge in [0.25, 0.3) is 0 Å². The number of hydrogen-bond donors (Lipinski definition) is 2. The van der Waals surface area contributed by atoms with Gasteiger partial charge in [0.1, 0.15) is 0 Å². The Hall–Kier alpha value is -2.25. The van der Waals surface area contributed by atoms with Crippen LogP contribution in [-0.2, 0) is 17.6 Å². The average molecular weight is 290 g/mol. The van der Waals surface area contributed by atoms with E-state index in [1.54, 1.807) is 18.5 Å². The highest BCUT2D eigenvalue weighted by atomic mass is 32.2. The van der Waals surface area contributed by atoms with E-state index in [9.17, 15) is 13.6 Å². The van der Waals surface area contributed by atoms with Crippen molar-refractivity contribution in [2.24, 2.45) is 0 Å². The third-order valence-corrected chi connectivity index (χ3v) is 3.14. The van der Waals surface area contributed by atoms with Gasteiger partial charge in [-0.15, -0.1) is 0 Å². The van der Waals surface area contributed by atoms with E-state index in [0.717, 1.165) is 5.56 Å². The van der Waals surface area contributed by atoms with Crippen molar-refractivity contribution in [3.05, 3.63) is 54.4 Å². The number of nitrogens with one attached hydrogen (secondary N) is 2. The Morgan fingerprint density at radius 2 is 2.00 bits per heavy atom. The van der Waals surface area contributed by atoms with Crippen molar-refractivity contribution in [3.8, 4) is 0 Å². The molecule has 104 valence electrons. The molecule has 2 aromatic rings. The van der Waals surface area contributed by atoms with Gasteiger partial charge in [-0.3, -0.25) is 9.19 Å². The summed E-state index contributed by atoms with van der Waals surface area (Å²) in [4.78, 5) is 15.8. The van der Waals surface area contributed by atoms with Gasteiger partial charge < -0.3 is 15.2 Å². The lowest BCUT2D eigenvalue weighted by molar-refractivity contribution is 0.251. The molecule has 2 rings (SSSR count). The maximum absolute atomic E-state index is 11.6. The molecule has 1 aromatic heterocycles. The van der Waals surface area contributed by atoms with Crippen LogP contribution in [0, 0.1) is 0 Å². The first-order valence-electron chi connectivity index (χ1n) is 5.78. The van der Waals surface area contributed by atoms with Gasteiger partial charge in [0.15, 0.2) is 0 Å². The van der Waals surface area contributed by atoms with Crippen LogP contribution in [0.1, 0.15) is 5.56 Å². The average Bonchev–Trinajstić information content (AvgIpc) is 2.47. The number of nitrogens with zero attached hydrogens (tertiary/aromatic N) is 1. The Bertz CT molecular complexity index is 602. The fourth-order valence-electron chi connectivity index (χ4n) is 1.51. The summed E-state index contributed by atoms with van der Waals surface area (Å²) >= 11 is -2.26. The van der Waals surface area contributed by atoms with E-state index in [2.05, 4.69) is 15.6 Å². The molecule has 0 aliphatic carbocycles. The first kappa shape index (κ1) is 14.2. The lowest BCUT2D eigenvalue weighted by Gasteiger charge is -2.09. The molecule has 20 heavy (non-hydrogen) atoms. The highest BCUT2D eigenvalue weighted by Crippen LogP contribution is 2.11. The van der Waals surface area contributed by atoms with Crippen molar-refractivity contribution in [1.82, 2.24) is 10.3 Å². The summed E-state index contributed by atoms with van der Waals surface area (Å²) in [6, 6.07) is 9.15. The predicted molar refractivity (Wildman–Crippen MR) is 73.7 cm³/mol. The van der Waals surface area contributed by atoms with E-state index in [0.29, 0.717) is 12.2 Å². The fraction of sp³-hybridized carbons (Fsp3) is 0.0769. The molecule has 0 fully saturated rings. The van der Waals surface area contributed by atoms with Crippen LogP contribution in [0.5, 0.6) is 0 Å². The standard InChI is InChI=1S/C13H13N3O3S/c17-13(15-9-10-2-1-7-14-8-10)16-11-3-5-12(6-4-11)20(18)19/h1-8H,9H2,(H,18,19)(H2,15,16,17)/p-1. The largest absolute Gasteiger partial charge is 0.768 e.